The molecule has 202 valence electrons. The Morgan fingerprint density at radius 2 is 1.84 bits per heavy atom. The second kappa shape index (κ2) is 13.4. The molecule has 3 aliphatic heterocycles. The molecule has 0 unspecified atom stereocenters. The molecule has 9 heteroatoms. The van der Waals surface area contributed by atoms with E-state index in [1.165, 1.54) is 5.69 Å². The highest BCUT2D eigenvalue weighted by molar-refractivity contribution is 5.76. The van der Waals surface area contributed by atoms with Crippen molar-refractivity contribution in [2.45, 2.75) is 25.8 Å². The second-order valence-corrected chi connectivity index (χ2v) is 10.6. The van der Waals surface area contributed by atoms with Gasteiger partial charge in [0.1, 0.15) is 0 Å². The number of nitrogens with one attached hydrogen (secondary N) is 2. The number of para-hydroxylation sites is 1. The van der Waals surface area contributed by atoms with Crippen molar-refractivity contribution in [3.63, 3.8) is 0 Å². The lowest BCUT2D eigenvalue weighted by Gasteiger charge is -2.35. The van der Waals surface area contributed by atoms with Crippen LogP contribution >= 0.6 is 0 Å². The molecule has 0 bridgehead atoms. The maximum atomic E-state index is 12.7. The van der Waals surface area contributed by atoms with E-state index in [2.05, 4.69) is 66.9 Å². The number of nitrogens with zero attached hydrogens (tertiary/aromatic N) is 4. The standard InChI is InChI=1S/C28H42N6O3/c35-28(30-8-9-32-14-16-36-17-15-32)19-23-6-7-29-21-24(23)18-25-20-27(37-31-25)22-33-10-12-34(13-11-33)26-4-2-1-3-5-26/h1-5,20,23-24,29H,6-19,21-22H2,(H,30,35)/t23-,24+/m0/s1. The molecule has 4 heterocycles. The first-order valence-corrected chi connectivity index (χ1v) is 14.0. The zero-order chi connectivity index (χ0) is 25.3. The molecule has 3 fully saturated rings. The maximum absolute atomic E-state index is 12.7. The summed E-state index contributed by atoms with van der Waals surface area (Å²) in [5.74, 6) is 1.87. The number of benzene rings is 1. The van der Waals surface area contributed by atoms with Crippen LogP contribution in [-0.2, 0) is 22.5 Å². The minimum Gasteiger partial charge on any atom is -0.379 e. The van der Waals surface area contributed by atoms with E-state index in [0.29, 0.717) is 24.8 Å². The third-order valence-corrected chi connectivity index (χ3v) is 8.02. The number of hydrogen-bond donors (Lipinski definition) is 2. The summed E-state index contributed by atoms with van der Waals surface area (Å²) in [5, 5.41) is 11.1. The molecule has 1 aromatic carbocycles. The largest absolute Gasteiger partial charge is 0.379 e. The van der Waals surface area contributed by atoms with Gasteiger partial charge in [-0.1, -0.05) is 23.4 Å². The number of aromatic nitrogens is 1. The van der Waals surface area contributed by atoms with Gasteiger partial charge in [-0.15, -0.1) is 0 Å². The van der Waals surface area contributed by atoms with Crippen molar-refractivity contribution in [2.75, 3.05) is 83.6 Å². The Morgan fingerprint density at radius 3 is 2.65 bits per heavy atom. The Balaban J connectivity index is 1.05. The molecule has 3 aliphatic rings. The van der Waals surface area contributed by atoms with Crippen LogP contribution in [0.5, 0.6) is 0 Å². The zero-order valence-electron chi connectivity index (χ0n) is 21.9. The lowest BCUT2D eigenvalue weighted by Crippen LogP contribution is -2.45. The van der Waals surface area contributed by atoms with Gasteiger partial charge in [0.25, 0.3) is 0 Å². The number of ether oxygens (including phenoxy) is 1. The summed E-state index contributed by atoms with van der Waals surface area (Å²) < 4.78 is 11.1. The van der Waals surface area contributed by atoms with Crippen molar-refractivity contribution in [1.82, 2.24) is 25.6 Å². The highest BCUT2D eigenvalue weighted by Gasteiger charge is 2.28. The molecule has 1 amide bonds. The Morgan fingerprint density at radius 1 is 1.03 bits per heavy atom. The van der Waals surface area contributed by atoms with E-state index in [1.807, 2.05) is 0 Å². The number of carbonyl (C=O) groups is 1. The maximum Gasteiger partial charge on any atom is 0.220 e. The van der Waals surface area contributed by atoms with Gasteiger partial charge in [0, 0.05) is 70.5 Å². The molecular formula is C28H42N6O3. The van der Waals surface area contributed by atoms with Gasteiger partial charge in [-0.05, 0) is 49.9 Å². The van der Waals surface area contributed by atoms with Crippen molar-refractivity contribution in [1.29, 1.82) is 0 Å². The van der Waals surface area contributed by atoms with Crippen molar-refractivity contribution in [3.8, 4) is 0 Å². The van der Waals surface area contributed by atoms with E-state index in [4.69, 9.17) is 9.26 Å². The molecule has 1 aromatic heterocycles. The Kier molecular flexibility index (Phi) is 9.45. The van der Waals surface area contributed by atoms with Crippen molar-refractivity contribution in [2.24, 2.45) is 11.8 Å². The summed E-state index contributed by atoms with van der Waals surface area (Å²) in [7, 11) is 0. The summed E-state index contributed by atoms with van der Waals surface area (Å²) in [6.45, 7) is 11.9. The van der Waals surface area contributed by atoms with Crippen molar-refractivity contribution < 1.29 is 14.1 Å². The third-order valence-electron chi connectivity index (χ3n) is 8.02. The van der Waals surface area contributed by atoms with E-state index < -0.39 is 0 Å². The molecule has 9 nitrogen and oxygen atoms in total. The van der Waals surface area contributed by atoms with Crippen molar-refractivity contribution in [3.05, 3.63) is 47.9 Å². The third kappa shape index (κ3) is 7.77. The zero-order valence-corrected chi connectivity index (χ0v) is 21.9. The van der Waals surface area contributed by atoms with Crippen molar-refractivity contribution >= 4 is 11.6 Å². The number of rotatable bonds is 10. The summed E-state index contributed by atoms with van der Waals surface area (Å²) in [5.41, 5.74) is 2.30. The first-order valence-electron chi connectivity index (χ1n) is 14.0. The van der Waals surface area contributed by atoms with E-state index in [-0.39, 0.29) is 5.91 Å². The topological polar surface area (TPSA) is 86.1 Å². The van der Waals surface area contributed by atoms with Crippen LogP contribution in [0.1, 0.15) is 24.3 Å². The fraction of sp³-hybridized carbons (Fsp3) is 0.643. The van der Waals surface area contributed by atoms with E-state index in [0.717, 1.165) is 103 Å². The number of piperidine rings is 1. The van der Waals surface area contributed by atoms with Crippen LogP contribution < -0.4 is 15.5 Å². The van der Waals surface area contributed by atoms with Gasteiger partial charge < -0.3 is 24.8 Å². The normalized spacial score (nSPS) is 23.7. The van der Waals surface area contributed by atoms with Crippen LogP contribution in [0.3, 0.4) is 0 Å². The number of anilines is 1. The Bertz CT molecular complexity index is 956. The first-order chi connectivity index (χ1) is 18.2. The number of morpholine rings is 1. The van der Waals surface area contributed by atoms with Gasteiger partial charge in [-0.3, -0.25) is 14.6 Å². The summed E-state index contributed by atoms with van der Waals surface area (Å²) in [6.07, 6.45) is 2.47. The molecular weight excluding hydrogens is 468 g/mol. The fourth-order valence-electron chi connectivity index (χ4n) is 5.79. The van der Waals surface area contributed by atoms with Crippen LogP contribution in [0.15, 0.2) is 40.9 Å². The van der Waals surface area contributed by atoms with Gasteiger partial charge in [0.15, 0.2) is 5.76 Å². The smallest absolute Gasteiger partial charge is 0.220 e. The Labute approximate surface area is 220 Å². The summed E-state index contributed by atoms with van der Waals surface area (Å²) in [6, 6.07) is 12.8. The van der Waals surface area contributed by atoms with Crippen LogP contribution in [-0.4, -0.2) is 99.5 Å². The lowest BCUT2D eigenvalue weighted by atomic mass is 9.81. The molecule has 37 heavy (non-hydrogen) atoms. The SMILES string of the molecule is O=C(C[C@@H]1CCNC[C@H]1Cc1cc(CN2CCN(c3ccccc3)CC2)on1)NCCN1CCOCC1. The van der Waals surface area contributed by atoms with Crippen LogP contribution in [0.25, 0.3) is 0 Å². The summed E-state index contributed by atoms with van der Waals surface area (Å²) in [4.78, 5) is 19.9. The molecule has 2 N–H and O–H groups in total. The van der Waals surface area contributed by atoms with Gasteiger partial charge >= 0.3 is 0 Å². The van der Waals surface area contributed by atoms with Crippen LogP contribution in [0.2, 0.25) is 0 Å². The number of carbonyl (C=O) groups excluding carboxylic acids is 1. The Hall–Kier alpha value is -2.46. The minimum atomic E-state index is 0.167. The quantitative estimate of drug-likeness (QED) is 0.499. The minimum absolute atomic E-state index is 0.167. The average Bonchev–Trinajstić information content (AvgIpc) is 3.38. The highest BCUT2D eigenvalue weighted by atomic mass is 16.5. The molecule has 0 spiro atoms. The van der Waals surface area contributed by atoms with E-state index in [1.54, 1.807) is 0 Å². The number of piperazine rings is 1. The molecule has 0 aliphatic carbocycles. The highest BCUT2D eigenvalue weighted by Crippen LogP contribution is 2.26. The first kappa shape index (κ1) is 26.2. The molecule has 5 rings (SSSR count). The van der Waals surface area contributed by atoms with Crippen LogP contribution in [0.4, 0.5) is 5.69 Å². The molecule has 0 saturated carbocycles. The second-order valence-electron chi connectivity index (χ2n) is 10.6. The number of hydrogen-bond acceptors (Lipinski definition) is 8. The molecule has 2 atom stereocenters. The predicted molar refractivity (Wildman–Crippen MR) is 143 cm³/mol. The number of amides is 1. The van der Waals surface area contributed by atoms with Gasteiger partial charge in [-0.25, -0.2) is 0 Å². The van der Waals surface area contributed by atoms with Gasteiger partial charge in [0.05, 0.1) is 25.5 Å². The van der Waals surface area contributed by atoms with E-state index in [9.17, 15) is 4.79 Å². The average molecular weight is 511 g/mol. The summed E-state index contributed by atoms with van der Waals surface area (Å²) >= 11 is 0. The van der Waals surface area contributed by atoms with E-state index >= 15 is 0 Å². The monoisotopic (exact) mass is 510 g/mol. The van der Waals surface area contributed by atoms with Gasteiger partial charge in [0.2, 0.25) is 5.91 Å². The lowest BCUT2D eigenvalue weighted by molar-refractivity contribution is -0.122. The molecule has 3 saturated heterocycles. The predicted octanol–water partition coefficient (Wildman–Crippen LogP) is 1.60. The van der Waals surface area contributed by atoms with Crippen LogP contribution in [0, 0.1) is 11.8 Å². The fourth-order valence-corrected chi connectivity index (χ4v) is 5.79. The van der Waals surface area contributed by atoms with Gasteiger partial charge in [-0.2, -0.15) is 0 Å². The molecule has 0 radical (unpaired) electrons. The molecule has 2 aromatic rings.